The molecule has 3 nitrogen and oxygen atoms in total. The lowest BCUT2D eigenvalue weighted by Gasteiger charge is -2.04. The largest absolute Gasteiger partial charge is 0.316 e. The highest BCUT2D eigenvalue weighted by atomic mass is 32.2. The Bertz CT molecular complexity index is 281. The second-order valence-electron chi connectivity index (χ2n) is 4.63. The van der Waals surface area contributed by atoms with E-state index < -0.39 is 9.84 Å². The molecule has 1 N–H and O–H groups in total. The van der Waals surface area contributed by atoms with E-state index in [1.54, 1.807) is 0 Å². The van der Waals surface area contributed by atoms with E-state index in [2.05, 4.69) is 31.3 Å². The molecule has 0 aliphatic heterocycles. The van der Waals surface area contributed by atoms with Crippen molar-refractivity contribution in [1.29, 1.82) is 0 Å². The Morgan fingerprint density at radius 1 is 1.19 bits per heavy atom. The molecule has 0 aliphatic carbocycles. The predicted molar refractivity (Wildman–Crippen MR) is 70.4 cm³/mol. The molecule has 0 saturated carbocycles. The molecule has 0 aliphatic rings. The molecule has 0 aromatic heterocycles. The van der Waals surface area contributed by atoms with Crippen molar-refractivity contribution in [3.63, 3.8) is 0 Å². The van der Waals surface area contributed by atoms with Crippen LogP contribution in [-0.4, -0.2) is 33.5 Å². The monoisotopic (exact) mass is 247 g/mol. The SMILES string of the molecule is CC(C)CNCCC=CCCCS(C)(=O)=O. The first kappa shape index (κ1) is 15.7. The van der Waals surface area contributed by atoms with Crippen LogP contribution in [0, 0.1) is 5.92 Å². The van der Waals surface area contributed by atoms with Crippen molar-refractivity contribution in [2.75, 3.05) is 25.1 Å². The molecule has 0 rings (SSSR count). The minimum absolute atomic E-state index is 0.295. The van der Waals surface area contributed by atoms with Gasteiger partial charge in [-0.3, -0.25) is 0 Å². The maximum Gasteiger partial charge on any atom is 0.147 e. The summed E-state index contributed by atoms with van der Waals surface area (Å²) in [5.41, 5.74) is 0. The Morgan fingerprint density at radius 3 is 2.38 bits per heavy atom. The van der Waals surface area contributed by atoms with Crippen molar-refractivity contribution in [3.8, 4) is 0 Å². The predicted octanol–water partition coefficient (Wildman–Crippen LogP) is 2.00. The zero-order valence-corrected chi connectivity index (χ0v) is 11.5. The summed E-state index contributed by atoms with van der Waals surface area (Å²) >= 11 is 0. The topological polar surface area (TPSA) is 46.2 Å². The van der Waals surface area contributed by atoms with E-state index in [4.69, 9.17) is 0 Å². The van der Waals surface area contributed by atoms with Gasteiger partial charge in [-0.15, -0.1) is 0 Å². The van der Waals surface area contributed by atoms with Crippen LogP contribution in [-0.2, 0) is 9.84 Å². The van der Waals surface area contributed by atoms with Gasteiger partial charge in [0.15, 0.2) is 0 Å². The molecule has 0 radical (unpaired) electrons. The molecule has 0 amide bonds. The fraction of sp³-hybridized carbons (Fsp3) is 0.833. The summed E-state index contributed by atoms with van der Waals surface area (Å²) in [6, 6.07) is 0. The second-order valence-corrected chi connectivity index (χ2v) is 6.89. The zero-order valence-electron chi connectivity index (χ0n) is 10.7. The smallest absolute Gasteiger partial charge is 0.147 e. The van der Waals surface area contributed by atoms with Crippen molar-refractivity contribution in [1.82, 2.24) is 5.32 Å². The fourth-order valence-corrected chi connectivity index (χ4v) is 1.97. The summed E-state index contributed by atoms with van der Waals surface area (Å²) in [4.78, 5) is 0. The Hall–Kier alpha value is -0.350. The van der Waals surface area contributed by atoms with E-state index in [0.717, 1.165) is 32.4 Å². The van der Waals surface area contributed by atoms with Crippen LogP contribution >= 0.6 is 0 Å². The number of sulfone groups is 1. The summed E-state index contributed by atoms with van der Waals surface area (Å²) in [7, 11) is -2.78. The maximum absolute atomic E-state index is 10.8. The van der Waals surface area contributed by atoms with E-state index >= 15 is 0 Å². The zero-order chi connectivity index (χ0) is 12.4. The summed E-state index contributed by atoms with van der Waals surface area (Å²) in [5, 5.41) is 3.35. The molecular weight excluding hydrogens is 222 g/mol. The highest BCUT2D eigenvalue weighted by Gasteiger charge is 1.98. The standard InChI is InChI=1S/C12H25NO2S/c1-12(2)11-13-9-7-5-4-6-8-10-16(3,14)15/h4-5,12-13H,6-11H2,1-3H3. The molecule has 0 fully saturated rings. The first-order chi connectivity index (χ1) is 7.42. The van der Waals surface area contributed by atoms with Crippen LogP contribution in [0.4, 0.5) is 0 Å². The van der Waals surface area contributed by atoms with Gasteiger partial charge in [0.25, 0.3) is 0 Å². The number of allylic oxidation sites excluding steroid dienone is 1. The third-order valence-corrected chi connectivity index (χ3v) is 3.12. The number of nitrogens with one attached hydrogen (secondary N) is 1. The van der Waals surface area contributed by atoms with Crippen molar-refractivity contribution in [2.45, 2.75) is 33.1 Å². The maximum atomic E-state index is 10.8. The molecule has 4 heteroatoms. The summed E-state index contributed by atoms with van der Waals surface area (Å²) in [6.07, 6.45) is 8.09. The average Bonchev–Trinajstić information content (AvgIpc) is 2.13. The number of unbranched alkanes of at least 4 members (excludes halogenated alkanes) is 1. The lowest BCUT2D eigenvalue weighted by Crippen LogP contribution is -2.20. The van der Waals surface area contributed by atoms with Gasteiger partial charge in [0.2, 0.25) is 0 Å². The highest BCUT2D eigenvalue weighted by molar-refractivity contribution is 7.90. The minimum Gasteiger partial charge on any atom is -0.316 e. The summed E-state index contributed by atoms with van der Waals surface area (Å²) in [6.45, 7) is 6.44. The van der Waals surface area contributed by atoms with Gasteiger partial charge in [-0.2, -0.15) is 0 Å². The van der Waals surface area contributed by atoms with Gasteiger partial charge in [0.05, 0.1) is 5.75 Å². The molecule has 0 heterocycles. The van der Waals surface area contributed by atoms with Crippen molar-refractivity contribution < 1.29 is 8.42 Å². The van der Waals surface area contributed by atoms with E-state index in [-0.39, 0.29) is 0 Å². The van der Waals surface area contributed by atoms with E-state index in [9.17, 15) is 8.42 Å². The quantitative estimate of drug-likeness (QED) is 0.501. The van der Waals surface area contributed by atoms with Crippen LogP contribution in [0.5, 0.6) is 0 Å². The lowest BCUT2D eigenvalue weighted by molar-refractivity contribution is 0.556. The Balaban J connectivity index is 3.29. The highest BCUT2D eigenvalue weighted by Crippen LogP contribution is 1.96. The second kappa shape index (κ2) is 8.76. The van der Waals surface area contributed by atoms with Gasteiger partial charge >= 0.3 is 0 Å². The van der Waals surface area contributed by atoms with Gasteiger partial charge < -0.3 is 5.32 Å². The third-order valence-electron chi connectivity index (χ3n) is 2.09. The molecule has 0 bridgehead atoms. The van der Waals surface area contributed by atoms with Gasteiger partial charge in [0.1, 0.15) is 9.84 Å². The number of hydrogen-bond donors (Lipinski definition) is 1. The van der Waals surface area contributed by atoms with Crippen LogP contribution in [0.15, 0.2) is 12.2 Å². The van der Waals surface area contributed by atoms with E-state index in [1.807, 2.05) is 0 Å². The first-order valence-electron chi connectivity index (χ1n) is 5.95. The molecule has 96 valence electrons. The molecule has 0 aromatic rings. The molecule has 0 saturated heterocycles. The van der Waals surface area contributed by atoms with Crippen LogP contribution in [0.2, 0.25) is 0 Å². The summed E-state index contributed by atoms with van der Waals surface area (Å²) in [5.74, 6) is 0.988. The van der Waals surface area contributed by atoms with Crippen LogP contribution < -0.4 is 5.32 Å². The van der Waals surface area contributed by atoms with Crippen molar-refractivity contribution in [3.05, 3.63) is 12.2 Å². The first-order valence-corrected chi connectivity index (χ1v) is 8.01. The average molecular weight is 247 g/mol. The fourth-order valence-electron chi connectivity index (χ4n) is 1.28. The van der Waals surface area contributed by atoms with Crippen LogP contribution in [0.25, 0.3) is 0 Å². The molecular formula is C12H25NO2S. The molecule has 0 atom stereocenters. The van der Waals surface area contributed by atoms with E-state index in [1.165, 1.54) is 6.26 Å². The number of hydrogen-bond acceptors (Lipinski definition) is 3. The summed E-state index contributed by atoms with van der Waals surface area (Å²) < 4.78 is 21.7. The molecule has 0 aromatic carbocycles. The van der Waals surface area contributed by atoms with Crippen LogP contribution in [0.1, 0.15) is 33.1 Å². The molecule has 16 heavy (non-hydrogen) atoms. The van der Waals surface area contributed by atoms with Gasteiger partial charge in [-0.25, -0.2) is 8.42 Å². The normalized spacial score (nSPS) is 12.8. The van der Waals surface area contributed by atoms with Gasteiger partial charge in [-0.1, -0.05) is 26.0 Å². The Morgan fingerprint density at radius 2 is 1.81 bits per heavy atom. The van der Waals surface area contributed by atoms with Crippen LogP contribution in [0.3, 0.4) is 0 Å². The van der Waals surface area contributed by atoms with Gasteiger partial charge in [-0.05, 0) is 38.3 Å². The Kier molecular flexibility index (Phi) is 8.57. The molecule has 0 unspecified atom stereocenters. The Labute approximate surface area is 100 Å². The van der Waals surface area contributed by atoms with Gasteiger partial charge in [0, 0.05) is 6.26 Å². The van der Waals surface area contributed by atoms with E-state index in [0.29, 0.717) is 11.7 Å². The van der Waals surface area contributed by atoms with Crippen molar-refractivity contribution >= 4 is 9.84 Å². The van der Waals surface area contributed by atoms with Crippen molar-refractivity contribution in [2.24, 2.45) is 5.92 Å². The lowest BCUT2D eigenvalue weighted by atomic mass is 10.2. The molecule has 0 spiro atoms. The number of rotatable bonds is 9. The minimum atomic E-state index is -2.78. The third kappa shape index (κ3) is 13.7.